The van der Waals surface area contributed by atoms with E-state index in [-0.39, 0.29) is 12.1 Å². The van der Waals surface area contributed by atoms with Crippen molar-refractivity contribution in [3.05, 3.63) is 90.4 Å². The first-order valence-electron chi connectivity index (χ1n) is 13.1. The molecule has 2 aromatic carbocycles. The molecule has 1 saturated heterocycles. The number of rotatable bonds is 7. The van der Waals surface area contributed by atoms with Crippen LogP contribution >= 0.6 is 0 Å². The van der Waals surface area contributed by atoms with Crippen molar-refractivity contribution in [2.24, 2.45) is 5.73 Å². The maximum Gasteiger partial charge on any atom is 0.228 e. The number of piperazine rings is 1. The maximum absolute atomic E-state index is 12.8. The van der Waals surface area contributed by atoms with Gasteiger partial charge >= 0.3 is 0 Å². The van der Waals surface area contributed by atoms with E-state index in [2.05, 4.69) is 37.1 Å². The Morgan fingerprint density at radius 2 is 1.74 bits per heavy atom. The summed E-state index contributed by atoms with van der Waals surface area (Å²) in [7, 11) is 2.13. The highest BCUT2D eigenvalue weighted by molar-refractivity contribution is 5.99. The summed E-state index contributed by atoms with van der Waals surface area (Å²) in [5, 5.41) is 3.33. The molecule has 0 bridgehead atoms. The Morgan fingerprint density at radius 1 is 1.00 bits per heavy atom. The van der Waals surface area contributed by atoms with Crippen LogP contribution in [0.25, 0.3) is 11.3 Å². The van der Waals surface area contributed by atoms with Crippen LogP contribution < -0.4 is 16.0 Å². The first kappa shape index (κ1) is 26.4. The molecule has 0 spiro atoms. The molecule has 3 N–H and O–H groups in total. The minimum atomic E-state index is -0.170. The lowest BCUT2D eigenvalue weighted by molar-refractivity contribution is -0.115. The molecule has 5 rings (SSSR count). The number of nitrogens with one attached hydrogen (secondary N) is 1. The van der Waals surface area contributed by atoms with Crippen LogP contribution in [0.1, 0.15) is 24.2 Å². The standard InChI is InChI=1S/C30H34N8O/c1-21-6-9-26(19-28(21)35-30-33-14-12-27(34-30)24-5-4-13-32-20-24)38(22(2)39)25-10-7-23(8-11-25)29(31)37-17-15-36(3)16-18-37/h4-14,19-20,29H,15-18,31H2,1-3H3,(H,33,34,35). The summed E-state index contributed by atoms with van der Waals surface area (Å²) in [6, 6.07) is 19.5. The number of pyridine rings is 1. The van der Waals surface area contributed by atoms with Gasteiger partial charge in [0.15, 0.2) is 0 Å². The predicted octanol–water partition coefficient (Wildman–Crippen LogP) is 4.48. The lowest BCUT2D eigenvalue weighted by Crippen LogP contribution is -2.48. The van der Waals surface area contributed by atoms with Gasteiger partial charge in [-0.2, -0.15) is 0 Å². The largest absolute Gasteiger partial charge is 0.324 e. The molecule has 1 unspecified atom stereocenters. The molecule has 39 heavy (non-hydrogen) atoms. The van der Waals surface area contributed by atoms with Crippen molar-refractivity contribution in [1.82, 2.24) is 24.8 Å². The van der Waals surface area contributed by atoms with E-state index in [4.69, 9.17) is 5.73 Å². The first-order chi connectivity index (χ1) is 18.9. The molecule has 3 heterocycles. The number of benzene rings is 2. The maximum atomic E-state index is 12.8. The zero-order valence-corrected chi connectivity index (χ0v) is 22.6. The van der Waals surface area contributed by atoms with Gasteiger partial charge in [0.25, 0.3) is 0 Å². The van der Waals surface area contributed by atoms with E-state index in [1.165, 1.54) is 0 Å². The van der Waals surface area contributed by atoms with Crippen LogP contribution in [0.3, 0.4) is 0 Å². The van der Waals surface area contributed by atoms with Gasteiger partial charge in [0.1, 0.15) is 0 Å². The number of hydrogen-bond donors (Lipinski definition) is 2. The average molecular weight is 523 g/mol. The average Bonchev–Trinajstić information content (AvgIpc) is 2.96. The number of carbonyl (C=O) groups is 1. The first-order valence-corrected chi connectivity index (χ1v) is 13.1. The molecule has 1 atom stereocenters. The lowest BCUT2D eigenvalue weighted by Gasteiger charge is -2.36. The van der Waals surface area contributed by atoms with Crippen molar-refractivity contribution in [1.29, 1.82) is 0 Å². The minimum Gasteiger partial charge on any atom is -0.324 e. The second-order valence-electron chi connectivity index (χ2n) is 9.86. The quantitative estimate of drug-likeness (QED) is 0.366. The molecule has 2 aromatic heterocycles. The molecule has 9 heteroatoms. The van der Waals surface area contributed by atoms with Crippen LogP contribution in [-0.4, -0.2) is 63.9 Å². The van der Waals surface area contributed by atoms with Crippen LogP contribution in [0.5, 0.6) is 0 Å². The molecule has 200 valence electrons. The van der Waals surface area contributed by atoms with E-state index in [1.807, 2.05) is 67.6 Å². The Kier molecular flexibility index (Phi) is 7.92. The molecular formula is C30H34N8O. The molecule has 1 amide bonds. The normalized spacial score (nSPS) is 15.1. The third-order valence-electron chi connectivity index (χ3n) is 7.08. The third-order valence-corrected chi connectivity index (χ3v) is 7.08. The predicted molar refractivity (Wildman–Crippen MR) is 155 cm³/mol. The molecule has 1 fully saturated rings. The van der Waals surface area contributed by atoms with Gasteiger partial charge in [-0.15, -0.1) is 0 Å². The number of nitrogens with two attached hydrogens (primary N) is 1. The number of amides is 1. The summed E-state index contributed by atoms with van der Waals surface area (Å²) in [4.78, 5) is 32.4. The smallest absolute Gasteiger partial charge is 0.228 e. The van der Waals surface area contributed by atoms with Gasteiger partial charge in [-0.25, -0.2) is 9.97 Å². The summed E-state index contributed by atoms with van der Waals surface area (Å²) in [6.07, 6.45) is 5.05. The molecule has 9 nitrogen and oxygen atoms in total. The van der Waals surface area contributed by atoms with E-state index in [0.717, 1.165) is 65.6 Å². The summed E-state index contributed by atoms with van der Waals surface area (Å²) in [6.45, 7) is 7.46. The van der Waals surface area contributed by atoms with Gasteiger partial charge in [-0.3, -0.25) is 19.6 Å². The van der Waals surface area contributed by atoms with E-state index in [1.54, 1.807) is 30.4 Å². The number of likely N-dealkylation sites (N-methyl/N-ethyl adjacent to an activating group) is 1. The van der Waals surface area contributed by atoms with Crippen molar-refractivity contribution in [3.8, 4) is 11.3 Å². The highest BCUT2D eigenvalue weighted by atomic mass is 16.2. The zero-order chi connectivity index (χ0) is 27.4. The molecule has 0 radical (unpaired) electrons. The summed E-state index contributed by atoms with van der Waals surface area (Å²) in [5.41, 5.74) is 12.6. The van der Waals surface area contributed by atoms with Gasteiger partial charge in [0.2, 0.25) is 11.9 Å². The molecular weight excluding hydrogens is 488 g/mol. The Hall–Kier alpha value is -4.18. The molecule has 0 aliphatic carbocycles. The summed E-state index contributed by atoms with van der Waals surface area (Å²) in [5.74, 6) is 0.379. The fourth-order valence-corrected chi connectivity index (χ4v) is 4.74. The van der Waals surface area contributed by atoms with Crippen LogP contribution in [0.4, 0.5) is 23.0 Å². The van der Waals surface area contributed by atoms with Crippen molar-refractivity contribution in [2.45, 2.75) is 20.0 Å². The number of aryl methyl sites for hydroxylation is 1. The monoisotopic (exact) mass is 522 g/mol. The highest BCUT2D eigenvalue weighted by Gasteiger charge is 2.22. The number of anilines is 4. The van der Waals surface area contributed by atoms with Gasteiger partial charge in [0, 0.05) is 68.6 Å². The summed E-state index contributed by atoms with van der Waals surface area (Å²) >= 11 is 0. The van der Waals surface area contributed by atoms with E-state index in [0.29, 0.717) is 5.95 Å². The van der Waals surface area contributed by atoms with Crippen LogP contribution in [0.2, 0.25) is 0 Å². The Balaban J connectivity index is 1.37. The molecule has 4 aromatic rings. The number of nitrogens with zero attached hydrogens (tertiary/aromatic N) is 6. The van der Waals surface area contributed by atoms with Crippen molar-refractivity contribution < 1.29 is 4.79 Å². The fourth-order valence-electron chi connectivity index (χ4n) is 4.74. The topological polar surface area (TPSA) is 104 Å². The van der Waals surface area contributed by atoms with Gasteiger partial charge in [-0.05, 0) is 67.6 Å². The van der Waals surface area contributed by atoms with Crippen molar-refractivity contribution in [2.75, 3.05) is 43.4 Å². The summed E-state index contributed by atoms with van der Waals surface area (Å²) < 4.78 is 0. The minimum absolute atomic E-state index is 0.0873. The van der Waals surface area contributed by atoms with E-state index < -0.39 is 0 Å². The van der Waals surface area contributed by atoms with Crippen LogP contribution in [-0.2, 0) is 4.79 Å². The molecule has 0 saturated carbocycles. The zero-order valence-electron chi connectivity index (χ0n) is 22.6. The number of aromatic nitrogens is 3. The Labute approximate surface area is 229 Å². The lowest BCUT2D eigenvalue weighted by atomic mass is 10.1. The third kappa shape index (κ3) is 6.12. The second kappa shape index (κ2) is 11.7. The number of carbonyl (C=O) groups excluding carboxylic acids is 1. The molecule has 1 aliphatic rings. The molecule has 1 aliphatic heterocycles. The highest BCUT2D eigenvalue weighted by Crippen LogP contribution is 2.32. The van der Waals surface area contributed by atoms with Crippen molar-refractivity contribution >= 4 is 28.9 Å². The van der Waals surface area contributed by atoms with Crippen LogP contribution in [0, 0.1) is 6.92 Å². The van der Waals surface area contributed by atoms with E-state index in [9.17, 15) is 4.79 Å². The van der Waals surface area contributed by atoms with Gasteiger partial charge in [0.05, 0.1) is 17.5 Å². The van der Waals surface area contributed by atoms with Gasteiger partial charge in [-0.1, -0.05) is 18.2 Å². The SMILES string of the molecule is CC(=O)N(c1ccc(C(N)N2CCN(C)CC2)cc1)c1ccc(C)c(Nc2nccc(-c3cccnc3)n2)c1. The number of hydrogen-bond acceptors (Lipinski definition) is 8. The Bertz CT molecular complexity index is 1420. The fraction of sp³-hybridized carbons (Fsp3) is 0.267. The Morgan fingerprint density at radius 3 is 2.44 bits per heavy atom. The van der Waals surface area contributed by atoms with Crippen molar-refractivity contribution in [3.63, 3.8) is 0 Å². The van der Waals surface area contributed by atoms with E-state index >= 15 is 0 Å². The van der Waals surface area contributed by atoms with Gasteiger partial charge < -0.3 is 16.0 Å². The van der Waals surface area contributed by atoms with Crippen LogP contribution in [0.15, 0.2) is 79.3 Å². The second-order valence-corrected chi connectivity index (χ2v) is 9.86.